The molecule has 4 rings (SSSR count). The molecule has 1 aliphatic rings. The Morgan fingerprint density at radius 1 is 0.762 bits per heavy atom. The molecule has 1 unspecified atom stereocenters. The van der Waals surface area contributed by atoms with Gasteiger partial charge in [0.1, 0.15) is 6.10 Å². The van der Waals surface area contributed by atoms with Gasteiger partial charge in [-0.05, 0) is 46.2 Å². The molecule has 1 saturated carbocycles. The zero-order chi connectivity index (χ0) is 14.2. The van der Waals surface area contributed by atoms with E-state index in [0.29, 0.717) is 5.92 Å². The first-order chi connectivity index (χ1) is 10.3. The highest BCUT2D eigenvalue weighted by molar-refractivity contribution is 5.86. The van der Waals surface area contributed by atoms with Crippen molar-refractivity contribution in [1.29, 1.82) is 0 Å². The molecular weight excluding hydrogens is 256 g/mol. The first-order valence-electron chi connectivity index (χ1n) is 7.59. The van der Waals surface area contributed by atoms with Crippen LogP contribution in [0.5, 0.6) is 0 Å². The lowest BCUT2D eigenvalue weighted by Crippen LogP contribution is -2.04. The molecule has 0 amide bonds. The van der Waals surface area contributed by atoms with Gasteiger partial charge in [0.25, 0.3) is 0 Å². The zero-order valence-electron chi connectivity index (χ0n) is 11.9. The monoisotopic (exact) mass is 274 g/mol. The Bertz CT molecular complexity index is 781. The maximum Gasteiger partial charge on any atom is 0.105 e. The minimum atomic E-state index is -0.548. The lowest BCUT2D eigenvalue weighted by Gasteiger charge is -2.17. The van der Waals surface area contributed by atoms with E-state index in [1.54, 1.807) is 0 Å². The summed E-state index contributed by atoms with van der Waals surface area (Å²) >= 11 is 0. The molecule has 104 valence electrons. The second-order valence-electron chi connectivity index (χ2n) is 5.87. The summed E-state index contributed by atoms with van der Waals surface area (Å²) in [5, 5.41) is 13.3. The maximum absolute atomic E-state index is 10.9. The van der Waals surface area contributed by atoms with Crippen LogP contribution >= 0.6 is 0 Å². The normalized spacial score (nSPS) is 16.0. The van der Waals surface area contributed by atoms with E-state index in [9.17, 15) is 5.11 Å². The SMILES string of the molecule is OC(c1ccccc1C1CC1)c1cccc2ccccc12. The molecule has 1 aliphatic carbocycles. The average molecular weight is 274 g/mol. The molecule has 3 aromatic carbocycles. The largest absolute Gasteiger partial charge is 0.384 e. The van der Waals surface area contributed by atoms with Crippen LogP contribution in [0.25, 0.3) is 10.8 Å². The molecule has 3 aromatic rings. The third kappa shape index (κ3) is 2.24. The third-order valence-electron chi connectivity index (χ3n) is 4.43. The van der Waals surface area contributed by atoms with E-state index in [1.807, 2.05) is 30.3 Å². The Morgan fingerprint density at radius 2 is 1.43 bits per heavy atom. The average Bonchev–Trinajstić information content (AvgIpc) is 3.38. The van der Waals surface area contributed by atoms with Crippen molar-refractivity contribution >= 4 is 10.8 Å². The van der Waals surface area contributed by atoms with Gasteiger partial charge in [-0.3, -0.25) is 0 Å². The Balaban J connectivity index is 1.85. The van der Waals surface area contributed by atoms with E-state index >= 15 is 0 Å². The van der Waals surface area contributed by atoms with Gasteiger partial charge in [0, 0.05) is 0 Å². The van der Waals surface area contributed by atoms with Crippen LogP contribution in [0, 0.1) is 0 Å². The molecule has 0 aromatic heterocycles. The van der Waals surface area contributed by atoms with E-state index in [2.05, 4.69) is 36.4 Å². The number of hydrogen-bond acceptors (Lipinski definition) is 1. The predicted molar refractivity (Wildman–Crippen MR) is 86.4 cm³/mol. The van der Waals surface area contributed by atoms with Crippen molar-refractivity contribution in [3.63, 3.8) is 0 Å². The van der Waals surface area contributed by atoms with Crippen LogP contribution in [0.1, 0.15) is 41.6 Å². The summed E-state index contributed by atoms with van der Waals surface area (Å²) in [6.07, 6.45) is 1.95. The standard InChI is InChI=1S/C20H18O/c21-20(18-10-4-3-9-17(18)15-12-13-15)19-11-5-7-14-6-1-2-8-16(14)19/h1-11,15,20-21H,12-13H2. The molecule has 1 fully saturated rings. The molecule has 0 spiro atoms. The number of aliphatic hydroxyl groups excluding tert-OH is 1. The second-order valence-corrected chi connectivity index (χ2v) is 5.87. The van der Waals surface area contributed by atoms with Crippen molar-refractivity contribution in [3.8, 4) is 0 Å². The van der Waals surface area contributed by atoms with Crippen molar-refractivity contribution in [3.05, 3.63) is 83.4 Å². The van der Waals surface area contributed by atoms with Gasteiger partial charge in [0.05, 0.1) is 0 Å². The van der Waals surface area contributed by atoms with E-state index in [0.717, 1.165) is 16.5 Å². The fourth-order valence-corrected chi connectivity index (χ4v) is 3.18. The van der Waals surface area contributed by atoms with Crippen molar-refractivity contribution in [2.45, 2.75) is 24.9 Å². The zero-order valence-corrected chi connectivity index (χ0v) is 11.9. The molecule has 0 bridgehead atoms. The Morgan fingerprint density at radius 3 is 2.29 bits per heavy atom. The van der Waals surface area contributed by atoms with Gasteiger partial charge in [-0.25, -0.2) is 0 Å². The van der Waals surface area contributed by atoms with Crippen molar-refractivity contribution in [1.82, 2.24) is 0 Å². The van der Waals surface area contributed by atoms with Crippen LogP contribution in [0.3, 0.4) is 0 Å². The topological polar surface area (TPSA) is 20.2 Å². The molecular formula is C20H18O. The van der Waals surface area contributed by atoms with Crippen molar-refractivity contribution < 1.29 is 5.11 Å². The summed E-state index contributed by atoms with van der Waals surface area (Å²) in [7, 11) is 0. The maximum atomic E-state index is 10.9. The summed E-state index contributed by atoms with van der Waals surface area (Å²) in [5.74, 6) is 0.644. The predicted octanol–water partition coefficient (Wildman–Crippen LogP) is 4.80. The van der Waals surface area contributed by atoms with E-state index in [4.69, 9.17) is 0 Å². The Labute approximate surface area is 124 Å². The minimum absolute atomic E-state index is 0.548. The van der Waals surface area contributed by atoms with E-state index in [1.165, 1.54) is 23.8 Å². The van der Waals surface area contributed by atoms with Crippen molar-refractivity contribution in [2.24, 2.45) is 0 Å². The van der Waals surface area contributed by atoms with Crippen LogP contribution < -0.4 is 0 Å². The molecule has 0 radical (unpaired) electrons. The summed E-state index contributed by atoms with van der Waals surface area (Å²) < 4.78 is 0. The van der Waals surface area contributed by atoms with Crippen LogP contribution in [-0.2, 0) is 0 Å². The van der Waals surface area contributed by atoms with Gasteiger partial charge in [0.2, 0.25) is 0 Å². The molecule has 1 nitrogen and oxygen atoms in total. The fourth-order valence-electron chi connectivity index (χ4n) is 3.18. The van der Waals surface area contributed by atoms with Gasteiger partial charge in [-0.1, -0.05) is 66.7 Å². The first-order valence-corrected chi connectivity index (χ1v) is 7.59. The minimum Gasteiger partial charge on any atom is -0.384 e. The number of aliphatic hydroxyl groups is 1. The number of fused-ring (bicyclic) bond motifs is 1. The molecule has 1 N–H and O–H groups in total. The Kier molecular flexibility index (Phi) is 3.01. The lowest BCUT2D eigenvalue weighted by atomic mass is 9.91. The van der Waals surface area contributed by atoms with Crippen LogP contribution in [-0.4, -0.2) is 5.11 Å². The number of rotatable bonds is 3. The van der Waals surface area contributed by atoms with Gasteiger partial charge < -0.3 is 5.11 Å². The summed E-state index contributed by atoms with van der Waals surface area (Å²) in [6.45, 7) is 0. The quantitative estimate of drug-likeness (QED) is 0.727. The molecule has 1 heteroatoms. The highest BCUT2D eigenvalue weighted by Crippen LogP contribution is 2.44. The number of hydrogen-bond donors (Lipinski definition) is 1. The molecule has 0 aliphatic heterocycles. The second kappa shape index (κ2) is 5.01. The highest BCUT2D eigenvalue weighted by atomic mass is 16.3. The summed E-state index contributed by atoms with van der Waals surface area (Å²) in [6, 6.07) is 22.8. The van der Waals surface area contributed by atoms with Crippen LogP contribution in [0.4, 0.5) is 0 Å². The highest BCUT2D eigenvalue weighted by Gasteiger charge is 2.28. The van der Waals surface area contributed by atoms with Gasteiger partial charge in [0.15, 0.2) is 0 Å². The van der Waals surface area contributed by atoms with Crippen LogP contribution in [0.15, 0.2) is 66.7 Å². The third-order valence-corrected chi connectivity index (χ3v) is 4.43. The smallest absolute Gasteiger partial charge is 0.105 e. The van der Waals surface area contributed by atoms with Gasteiger partial charge in [-0.15, -0.1) is 0 Å². The van der Waals surface area contributed by atoms with E-state index in [-0.39, 0.29) is 0 Å². The number of benzene rings is 3. The fraction of sp³-hybridized carbons (Fsp3) is 0.200. The van der Waals surface area contributed by atoms with Crippen molar-refractivity contribution in [2.75, 3.05) is 0 Å². The van der Waals surface area contributed by atoms with Gasteiger partial charge >= 0.3 is 0 Å². The molecule has 0 saturated heterocycles. The molecule has 21 heavy (non-hydrogen) atoms. The van der Waals surface area contributed by atoms with Crippen LogP contribution in [0.2, 0.25) is 0 Å². The van der Waals surface area contributed by atoms with Gasteiger partial charge in [-0.2, -0.15) is 0 Å². The molecule has 0 heterocycles. The lowest BCUT2D eigenvalue weighted by molar-refractivity contribution is 0.220. The Hall–Kier alpha value is -2.12. The summed E-state index contributed by atoms with van der Waals surface area (Å²) in [4.78, 5) is 0. The summed E-state index contributed by atoms with van der Waals surface area (Å²) in [5.41, 5.74) is 3.38. The van der Waals surface area contributed by atoms with E-state index < -0.39 is 6.10 Å². The molecule has 1 atom stereocenters. The first kappa shape index (κ1) is 12.6.